The molecule has 1 aliphatic carbocycles. The third-order valence-corrected chi connectivity index (χ3v) is 6.22. The van der Waals surface area contributed by atoms with E-state index < -0.39 is 0 Å². The van der Waals surface area contributed by atoms with Crippen molar-refractivity contribution in [1.29, 1.82) is 0 Å². The summed E-state index contributed by atoms with van der Waals surface area (Å²) < 4.78 is 16.8. The van der Waals surface area contributed by atoms with Crippen molar-refractivity contribution < 1.29 is 23.9 Å². The van der Waals surface area contributed by atoms with Crippen molar-refractivity contribution in [2.45, 2.75) is 32.6 Å². The molecule has 8 heteroatoms. The van der Waals surface area contributed by atoms with Crippen LogP contribution in [-0.2, 0) is 4.79 Å². The first-order valence-corrected chi connectivity index (χ1v) is 10.8. The molecule has 0 spiro atoms. The Bertz CT molecular complexity index is 1100. The van der Waals surface area contributed by atoms with E-state index in [4.69, 9.17) is 24.1 Å². The van der Waals surface area contributed by atoms with Gasteiger partial charge in [-0.1, -0.05) is 0 Å². The predicted octanol–water partition coefficient (Wildman–Crippen LogP) is 4.54. The van der Waals surface area contributed by atoms with Gasteiger partial charge in [-0.2, -0.15) is 0 Å². The Hall–Kier alpha value is -3.26. The number of anilines is 1. The summed E-state index contributed by atoms with van der Waals surface area (Å²) in [6.07, 6.45) is 3.40. The van der Waals surface area contributed by atoms with E-state index >= 15 is 0 Å². The topological polar surface area (TPSA) is 106 Å². The number of fused-ring (bicyclic) bond motifs is 1. The van der Waals surface area contributed by atoms with Gasteiger partial charge in [-0.05, 0) is 62.8 Å². The van der Waals surface area contributed by atoms with Crippen LogP contribution in [0.25, 0.3) is 22.4 Å². The molecule has 1 aromatic carbocycles. The van der Waals surface area contributed by atoms with Crippen molar-refractivity contribution in [3.8, 4) is 23.0 Å². The zero-order valence-corrected chi connectivity index (χ0v) is 18.6. The van der Waals surface area contributed by atoms with E-state index in [1.807, 2.05) is 37.3 Å². The normalized spacial score (nSPS) is 18.4. The van der Waals surface area contributed by atoms with Crippen LogP contribution in [-0.4, -0.2) is 36.9 Å². The number of carbonyl (C=O) groups is 1. The first kappa shape index (κ1) is 22.0. The van der Waals surface area contributed by atoms with Crippen molar-refractivity contribution >= 4 is 22.5 Å². The third kappa shape index (κ3) is 4.50. The summed E-state index contributed by atoms with van der Waals surface area (Å²) in [7, 11) is 3.22. The van der Waals surface area contributed by atoms with Gasteiger partial charge < -0.3 is 19.2 Å². The van der Waals surface area contributed by atoms with Gasteiger partial charge in [0.05, 0.1) is 19.7 Å². The van der Waals surface area contributed by atoms with Crippen LogP contribution in [0.2, 0.25) is 0 Å². The lowest BCUT2D eigenvalue weighted by Gasteiger charge is -2.27. The van der Waals surface area contributed by atoms with Gasteiger partial charge in [0.2, 0.25) is 5.91 Å². The number of nitrogens with one attached hydrogen (secondary N) is 2. The van der Waals surface area contributed by atoms with Gasteiger partial charge in [0.15, 0.2) is 17.3 Å². The number of aryl methyl sites for hydroxylation is 1. The van der Waals surface area contributed by atoms with Gasteiger partial charge in [-0.3, -0.25) is 10.0 Å². The number of rotatable bonds is 7. The Morgan fingerprint density at radius 1 is 1.12 bits per heavy atom. The molecule has 8 nitrogen and oxygen atoms in total. The number of hydroxylamine groups is 1. The van der Waals surface area contributed by atoms with Crippen molar-refractivity contribution in [1.82, 2.24) is 10.5 Å². The maximum Gasteiger partial charge on any atom is 0.246 e. The monoisotopic (exact) mass is 439 g/mol. The molecule has 1 saturated carbocycles. The quantitative estimate of drug-likeness (QED) is 0.366. The fourth-order valence-electron chi connectivity index (χ4n) is 4.37. The SMILES string of the molecule is COc1cc2nc(-c3ccc(C)o3)cc(NCC3CCC(C(=O)NO)CC3)c2cc1OC. The number of ether oxygens (including phenoxy) is 2. The van der Waals surface area contributed by atoms with Gasteiger partial charge >= 0.3 is 0 Å². The Kier molecular flexibility index (Phi) is 6.50. The first-order chi connectivity index (χ1) is 15.5. The van der Waals surface area contributed by atoms with E-state index in [0.717, 1.165) is 60.3 Å². The van der Waals surface area contributed by atoms with E-state index in [0.29, 0.717) is 23.2 Å². The number of nitrogens with zero attached hydrogens (tertiary/aromatic N) is 1. The van der Waals surface area contributed by atoms with Crippen LogP contribution in [0.3, 0.4) is 0 Å². The van der Waals surface area contributed by atoms with E-state index in [2.05, 4.69) is 5.32 Å². The Labute approximate surface area is 186 Å². The molecular weight excluding hydrogens is 410 g/mol. The number of pyridine rings is 1. The van der Waals surface area contributed by atoms with Crippen LogP contribution in [0, 0.1) is 18.8 Å². The standard InChI is InChI=1S/C24H29N3O5/c1-14-4-9-21(32-14)20-11-18(17-10-22(30-2)23(31-3)12-19(17)26-20)25-13-15-5-7-16(8-6-15)24(28)27-29/h4,9-12,15-16,29H,5-8,13H2,1-3H3,(H,25,26)(H,27,28). The summed E-state index contributed by atoms with van der Waals surface area (Å²) in [5.41, 5.74) is 4.24. The highest BCUT2D eigenvalue weighted by Gasteiger charge is 2.26. The molecule has 0 aliphatic heterocycles. The van der Waals surface area contributed by atoms with E-state index in [9.17, 15) is 4.79 Å². The molecule has 32 heavy (non-hydrogen) atoms. The van der Waals surface area contributed by atoms with Gasteiger partial charge in [0, 0.05) is 29.6 Å². The number of amides is 1. The highest BCUT2D eigenvalue weighted by molar-refractivity contribution is 5.95. The van der Waals surface area contributed by atoms with Crippen LogP contribution >= 0.6 is 0 Å². The summed E-state index contributed by atoms with van der Waals surface area (Å²) in [4.78, 5) is 16.5. The Morgan fingerprint density at radius 2 is 1.84 bits per heavy atom. The summed E-state index contributed by atoms with van der Waals surface area (Å²) in [6.45, 7) is 2.68. The van der Waals surface area contributed by atoms with Crippen LogP contribution in [0.15, 0.2) is 34.7 Å². The molecule has 1 fully saturated rings. The largest absolute Gasteiger partial charge is 0.493 e. The average Bonchev–Trinajstić information content (AvgIpc) is 3.27. The minimum absolute atomic E-state index is 0.108. The fourth-order valence-corrected chi connectivity index (χ4v) is 4.37. The fraction of sp³-hybridized carbons (Fsp3) is 0.417. The summed E-state index contributed by atoms with van der Waals surface area (Å²) in [6, 6.07) is 9.64. The molecule has 0 saturated heterocycles. The van der Waals surface area contributed by atoms with E-state index in [-0.39, 0.29) is 11.8 Å². The number of methoxy groups -OCH3 is 2. The molecule has 2 heterocycles. The summed E-state index contributed by atoms with van der Waals surface area (Å²) >= 11 is 0. The Morgan fingerprint density at radius 3 is 2.47 bits per heavy atom. The highest BCUT2D eigenvalue weighted by atomic mass is 16.5. The predicted molar refractivity (Wildman–Crippen MR) is 121 cm³/mol. The lowest BCUT2D eigenvalue weighted by atomic mass is 9.81. The molecule has 0 atom stereocenters. The zero-order chi connectivity index (χ0) is 22.7. The van der Waals surface area contributed by atoms with Gasteiger partial charge in [0.1, 0.15) is 11.5 Å². The minimum atomic E-state index is -0.282. The zero-order valence-electron chi connectivity index (χ0n) is 18.6. The van der Waals surface area contributed by atoms with E-state index in [1.54, 1.807) is 19.7 Å². The van der Waals surface area contributed by atoms with Gasteiger partial charge in [0.25, 0.3) is 0 Å². The third-order valence-electron chi connectivity index (χ3n) is 6.22. The second-order valence-electron chi connectivity index (χ2n) is 8.26. The van der Waals surface area contributed by atoms with Crippen LogP contribution in [0.1, 0.15) is 31.4 Å². The first-order valence-electron chi connectivity index (χ1n) is 10.8. The minimum Gasteiger partial charge on any atom is -0.493 e. The maximum absolute atomic E-state index is 11.7. The number of aromatic nitrogens is 1. The number of benzene rings is 1. The average molecular weight is 440 g/mol. The number of hydrogen-bond donors (Lipinski definition) is 3. The molecule has 0 bridgehead atoms. The lowest BCUT2D eigenvalue weighted by Crippen LogP contribution is -2.32. The smallest absolute Gasteiger partial charge is 0.246 e. The molecule has 170 valence electrons. The maximum atomic E-state index is 11.7. The molecule has 1 aliphatic rings. The van der Waals surface area contributed by atoms with Crippen molar-refractivity contribution in [2.75, 3.05) is 26.1 Å². The molecule has 1 amide bonds. The molecule has 3 aromatic rings. The number of hydrogen-bond acceptors (Lipinski definition) is 7. The van der Waals surface area contributed by atoms with Crippen LogP contribution in [0.5, 0.6) is 11.5 Å². The van der Waals surface area contributed by atoms with E-state index in [1.165, 1.54) is 0 Å². The molecule has 2 aromatic heterocycles. The Balaban J connectivity index is 1.62. The summed E-state index contributed by atoms with van der Waals surface area (Å²) in [5.74, 6) is 2.84. The molecule has 3 N–H and O–H groups in total. The summed E-state index contributed by atoms with van der Waals surface area (Å²) in [5, 5.41) is 13.4. The highest BCUT2D eigenvalue weighted by Crippen LogP contribution is 2.37. The van der Waals surface area contributed by atoms with Crippen LogP contribution in [0.4, 0.5) is 5.69 Å². The van der Waals surface area contributed by atoms with Crippen LogP contribution < -0.4 is 20.3 Å². The number of furan rings is 1. The van der Waals surface area contributed by atoms with Crippen molar-refractivity contribution in [3.63, 3.8) is 0 Å². The number of carbonyl (C=O) groups excluding carboxylic acids is 1. The van der Waals surface area contributed by atoms with Crippen molar-refractivity contribution in [2.24, 2.45) is 11.8 Å². The second kappa shape index (κ2) is 9.48. The van der Waals surface area contributed by atoms with Crippen molar-refractivity contribution in [3.05, 3.63) is 36.1 Å². The molecule has 0 radical (unpaired) electrons. The lowest BCUT2D eigenvalue weighted by molar-refractivity contribution is -0.134. The second-order valence-corrected chi connectivity index (χ2v) is 8.26. The molecular formula is C24H29N3O5. The molecule has 4 rings (SSSR count). The van der Waals surface area contributed by atoms with Gasteiger partial charge in [-0.15, -0.1) is 0 Å². The van der Waals surface area contributed by atoms with Gasteiger partial charge in [-0.25, -0.2) is 10.5 Å². The molecule has 0 unspecified atom stereocenters.